The topological polar surface area (TPSA) is 36.9 Å². The van der Waals surface area contributed by atoms with Crippen LogP contribution in [0.1, 0.15) is 0 Å². The second-order valence-electron chi connectivity index (χ2n) is 2.10. The van der Waals surface area contributed by atoms with Crippen molar-refractivity contribution < 1.29 is 18.9 Å². The van der Waals surface area contributed by atoms with Crippen LogP contribution in [0.4, 0.5) is 0 Å². The lowest BCUT2D eigenvalue weighted by atomic mass is 10.6. The maximum absolute atomic E-state index is 5.23. The highest BCUT2D eigenvalue weighted by atomic mass is 16.7. The first kappa shape index (κ1) is 11.8. The molecule has 1 unspecified atom stereocenters. The van der Waals surface area contributed by atoms with Crippen LogP contribution in [0.15, 0.2) is 0 Å². The Kier molecular flexibility index (Phi) is 8.81. The van der Waals surface area contributed by atoms with Crippen molar-refractivity contribution in [2.45, 2.75) is 6.29 Å². The Hall–Kier alpha value is -0.160. The Balaban J connectivity index is 3.26. The van der Waals surface area contributed by atoms with E-state index in [1.165, 1.54) is 0 Å². The molecule has 0 aromatic carbocycles. The molecular formula is C8H17O4. The molecule has 0 aliphatic rings. The van der Waals surface area contributed by atoms with Crippen molar-refractivity contribution in [3.8, 4) is 0 Å². The Morgan fingerprint density at radius 1 is 1.25 bits per heavy atom. The third-order valence-corrected chi connectivity index (χ3v) is 1.25. The number of rotatable bonds is 8. The van der Waals surface area contributed by atoms with Gasteiger partial charge in [0.05, 0.1) is 19.8 Å². The minimum atomic E-state index is -0.318. The molecule has 0 bridgehead atoms. The predicted molar refractivity (Wildman–Crippen MR) is 44.8 cm³/mol. The van der Waals surface area contributed by atoms with Gasteiger partial charge in [0, 0.05) is 20.8 Å². The van der Waals surface area contributed by atoms with Gasteiger partial charge < -0.3 is 18.9 Å². The van der Waals surface area contributed by atoms with Gasteiger partial charge in [-0.2, -0.15) is 0 Å². The molecular weight excluding hydrogens is 160 g/mol. The van der Waals surface area contributed by atoms with Gasteiger partial charge in [-0.1, -0.05) is 0 Å². The van der Waals surface area contributed by atoms with Gasteiger partial charge in [-0.05, 0) is 6.92 Å². The molecule has 1 radical (unpaired) electrons. The number of methoxy groups -OCH3 is 2. The highest BCUT2D eigenvalue weighted by Crippen LogP contribution is 1.93. The summed E-state index contributed by atoms with van der Waals surface area (Å²) in [6.45, 7) is 5.43. The van der Waals surface area contributed by atoms with E-state index in [2.05, 4.69) is 6.92 Å². The quantitative estimate of drug-likeness (QED) is 0.399. The van der Waals surface area contributed by atoms with Gasteiger partial charge >= 0.3 is 0 Å². The van der Waals surface area contributed by atoms with Crippen LogP contribution in [-0.4, -0.2) is 46.9 Å². The molecule has 0 aliphatic heterocycles. The molecule has 0 spiro atoms. The van der Waals surface area contributed by atoms with Crippen LogP contribution in [0.3, 0.4) is 0 Å². The molecule has 0 rings (SSSR count). The molecule has 0 aliphatic carbocycles. The second kappa shape index (κ2) is 8.93. The fraction of sp³-hybridized carbons (Fsp3) is 0.875. The first-order valence-corrected chi connectivity index (χ1v) is 3.85. The van der Waals surface area contributed by atoms with Crippen molar-refractivity contribution in [2.24, 2.45) is 0 Å². The second-order valence-corrected chi connectivity index (χ2v) is 2.10. The van der Waals surface area contributed by atoms with Crippen molar-refractivity contribution in [3.05, 3.63) is 6.92 Å². The lowest BCUT2D eigenvalue weighted by Gasteiger charge is -2.15. The molecule has 0 saturated carbocycles. The zero-order chi connectivity index (χ0) is 9.23. The monoisotopic (exact) mass is 177 g/mol. The van der Waals surface area contributed by atoms with Crippen LogP contribution >= 0.6 is 0 Å². The van der Waals surface area contributed by atoms with Gasteiger partial charge in [0.1, 0.15) is 0 Å². The SMILES string of the molecule is [CH2]COCC(OC)OCCOC. The zero-order valence-corrected chi connectivity index (χ0v) is 7.75. The molecule has 0 fully saturated rings. The van der Waals surface area contributed by atoms with E-state index in [4.69, 9.17) is 18.9 Å². The Bertz CT molecular complexity index is 87.1. The third kappa shape index (κ3) is 6.54. The van der Waals surface area contributed by atoms with Gasteiger partial charge in [0.25, 0.3) is 0 Å². The number of ether oxygens (including phenoxy) is 4. The summed E-state index contributed by atoms with van der Waals surface area (Å²) in [5.41, 5.74) is 0. The molecule has 0 amide bonds. The molecule has 4 heteroatoms. The van der Waals surface area contributed by atoms with E-state index in [0.717, 1.165) is 0 Å². The van der Waals surface area contributed by atoms with E-state index >= 15 is 0 Å². The standard InChI is InChI=1S/C8H17O4/c1-4-11-7-8(10-3)12-6-5-9-2/h8H,1,4-7H2,2-3H3. The molecule has 73 valence electrons. The average molecular weight is 177 g/mol. The van der Waals surface area contributed by atoms with Gasteiger partial charge in [-0.25, -0.2) is 0 Å². The molecule has 0 aromatic rings. The molecule has 1 atom stereocenters. The predicted octanol–water partition coefficient (Wildman–Crippen LogP) is 0.473. The van der Waals surface area contributed by atoms with E-state index in [9.17, 15) is 0 Å². The van der Waals surface area contributed by atoms with E-state index < -0.39 is 0 Å². The van der Waals surface area contributed by atoms with Crippen molar-refractivity contribution >= 4 is 0 Å². The molecule has 0 N–H and O–H groups in total. The Morgan fingerprint density at radius 2 is 2.00 bits per heavy atom. The lowest BCUT2D eigenvalue weighted by Crippen LogP contribution is -2.23. The van der Waals surface area contributed by atoms with Crippen LogP contribution < -0.4 is 0 Å². The Morgan fingerprint density at radius 3 is 2.50 bits per heavy atom. The van der Waals surface area contributed by atoms with E-state index in [-0.39, 0.29) is 6.29 Å². The van der Waals surface area contributed by atoms with Crippen molar-refractivity contribution in [3.63, 3.8) is 0 Å². The van der Waals surface area contributed by atoms with E-state index in [0.29, 0.717) is 26.4 Å². The maximum atomic E-state index is 5.23. The summed E-state index contributed by atoms with van der Waals surface area (Å²) in [4.78, 5) is 0. The van der Waals surface area contributed by atoms with Crippen LogP contribution in [0.2, 0.25) is 0 Å². The van der Waals surface area contributed by atoms with Crippen molar-refractivity contribution in [1.82, 2.24) is 0 Å². The van der Waals surface area contributed by atoms with Crippen LogP contribution in [-0.2, 0) is 18.9 Å². The van der Waals surface area contributed by atoms with Gasteiger partial charge in [0.2, 0.25) is 0 Å². The third-order valence-electron chi connectivity index (χ3n) is 1.25. The zero-order valence-electron chi connectivity index (χ0n) is 7.75. The minimum absolute atomic E-state index is 0.318. The van der Waals surface area contributed by atoms with Crippen molar-refractivity contribution in [1.29, 1.82) is 0 Å². The summed E-state index contributed by atoms with van der Waals surface area (Å²) in [6.07, 6.45) is -0.318. The van der Waals surface area contributed by atoms with Crippen LogP contribution in [0.25, 0.3) is 0 Å². The van der Waals surface area contributed by atoms with Gasteiger partial charge in [0.15, 0.2) is 6.29 Å². The smallest absolute Gasteiger partial charge is 0.180 e. The minimum Gasteiger partial charge on any atom is -0.382 e. The summed E-state index contributed by atoms with van der Waals surface area (Å²) in [5.74, 6) is 0. The maximum Gasteiger partial charge on any atom is 0.180 e. The summed E-state index contributed by atoms with van der Waals surface area (Å²) >= 11 is 0. The highest BCUT2D eigenvalue weighted by Gasteiger charge is 2.05. The van der Waals surface area contributed by atoms with E-state index in [1.807, 2.05) is 0 Å². The fourth-order valence-electron chi connectivity index (χ4n) is 0.627. The number of hydrogen-bond acceptors (Lipinski definition) is 4. The van der Waals surface area contributed by atoms with E-state index in [1.54, 1.807) is 14.2 Å². The molecule has 12 heavy (non-hydrogen) atoms. The van der Waals surface area contributed by atoms with Gasteiger partial charge in [-0.3, -0.25) is 0 Å². The summed E-state index contributed by atoms with van der Waals surface area (Å²) < 4.78 is 20.0. The highest BCUT2D eigenvalue weighted by molar-refractivity contribution is 4.42. The Labute approximate surface area is 73.7 Å². The molecule has 0 heterocycles. The van der Waals surface area contributed by atoms with Gasteiger partial charge in [-0.15, -0.1) is 0 Å². The number of hydrogen-bond donors (Lipinski definition) is 0. The molecule has 4 nitrogen and oxygen atoms in total. The van der Waals surface area contributed by atoms with Crippen LogP contribution in [0, 0.1) is 6.92 Å². The summed E-state index contributed by atoms with van der Waals surface area (Å²) in [6, 6.07) is 0. The van der Waals surface area contributed by atoms with Crippen LogP contribution in [0.5, 0.6) is 0 Å². The van der Waals surface area contributed by atoms with Crippen molar-refractivity contribution in [2.75, 3.05) is 40.6 Å². The fourth-order valence-corrected chi connectivity index (χ4v) is 0.627. The first-order chi connectivity index (χ1) is 5.85. The lowest BCUT2D eigenvalue weighted by molar-refractivity contribution is -0.160. The molecule has 0 saturated heterocycles. The largest absolute Gasteiger partial charge is 0.382 e. The molecule has 0 aromatic heterocycles. The summed E-state index contributed by atoms with van der Waals surface area (Å²) in [5, 5.41) is 0. The summed E-state index contributed by atoms with van der Waals surface area (Å²) in [7, 11) is 3.20. The normalized spacial score (nSPS) is 13.2. The average Bonchev–Trinajstić information content (AvgIpc) is 2.11. The first-order valence-electron chi connectivity index (χ1n) is 3.85.